The fourth-order valence-electron chi connectivity index (χ4n) is 1.14. The monoisotopic (exact) mass is 259 g/mol. The molecule has 0 aromatic heterocycles. The van der Waals surface area contributed by atoms with E-state index in [4.69, 9.17) is 8.85 Å². The lowest BCUT2D eigenvalue weighted by atomic mass is 10.2. The number of alkyl halides is 1. The largest absolute Gasteiger partial charge is 0.423 e. The van der Waals surface area contributed by atoms with Crippen LogP contribution in [0.4, 0.5) is 0 Å². The van der Waals surface area contributed by atoms with E-state index in [1.54, 1.807) is 14.2 Å². The number of rotatable bonds is 4. The zero-order valence-corrected chi connectivity index (χ0v) is 10.3. The molecule has 0 N–H and O–H groups in total. The third-order valence-electron chi connectivity index (χ3n) is 1.75. The van der Waals surface area contributed by atoms with E-state index in [-0.39, 0.29) is 0 Å². The summed E-state index contributed by atoms with van der Waals surface area (Å²) in [6, 6.07) is 8.15. The summed E-state index contributed by atoms with van der Waals surface area (Å²) in [7, 11) is 2.09. The molecule has 0 saturated carbocycles. The molecule has 13 heavy (non-hydrogen) atoms. The van der Waals surface area contributed by atoms with Crippen molar-refractivity contribution in [2.75, 3.05) is 14.2 Å². The normalized spacial score (nSPS) is 10.8. The quantitative estimate of drug-likeness (QED) is 0.604. The number of hydrogen-bond donors (Lipinski definition) is 0. The minimum absolute atomic E-state index is 0.837. The summed E-state index contributed by atoms with van der Waals surface area (Å²) >= 11 is 3.44. The number of halogens is 1. The van der Waals surface area contributed by atoms with Crippen LogP contribution in [0.5, 0.6) is 0 Å². The summed E-state index contributed by atoms with van der Waals surface area (Å²) in [5.74, 6) is 0. The second-order valence-corrected chi connectivity index (χ2v) is 4.98. The highest BCUT2D eigenvalue weighted by Gasteiger charge is 2.18. The minimum atomic E-state index is -1.27. The van der Waals surface area contributed by atoms with Crippen LogP contribution >= 0.6 is 15.9 Å². The summed E-state index contributed by atoms with van der Waals surface area (Å²) < 4.78 is 10.6. The third kappa shape index (κ3) is 2.64. The highest BCUT2D eigenvalue weighted by Crippen LogP contribution is 2.04. The van der Waals surface area contributed by atoms with Crippen LogP contribution in [-0.2, 0) is 14.2 Å². The number of hydrogen-bond acceptors (Lipinski definition) is 2. The second-order valence-electron chi connectivity index (χ2n) is 2.49. The first-order valence-electron chi connectivity index (χ1n) is 3.92. The standard InChI is InChI=1S/C9H12BrO2Si/c1-11-13(12-2)9-6-4-3-5-8(9)7-10/h3-6H,7H2,1-2H3. The van der Waals surface area contributed by atoms with Crippen LogP contribution in [0.3, 0.4) is 0 Å². The van der Waals surface area contributed by atoms with E-state index in [1.807, 2.05) is 12.1 Å². The topological polar surface area (TPSA) is 18.5 Å². The summed E-state index contributed by atoms with van der Waals surface area (Å²) in [6.07, 6.45) is 0. The molecule has 0 amide bonds. The van der Waals surface area contributed by atoms with Crippen molar-refractivity contribution in [2.45, 2.75) is 5.33 Å². The molecule has 1 aromatic carbocycles. The first kappa shape index (κ1) is 10.9. The molecule has 0 bridgehead atoms. The Morgan fingerprint density at radius 1 is 1.23 bits per heavy atom. The predicted octanol–water partition coefficient (Wildman–Crippen LogP) is 1.57. The first-order chi connectivity index (χ1) is 6.33. The van der Waals surface area contributed by atoms with Gasteiger partial charge >= 0.3 is 9.28 Å². The highest BCUT2D eigenvalue weighted by atomic mass is 79.9. The average molecular weight is 260 g/mol. The highest BCUT2D eigenvalue weighted by molar-refractivity contribution is 9.08. The van der Waals surface area contributed by atoms with E-state index >= 15 is 0 Å². The Hall–Kier alpha value is -0.163. The van der Waals surface area contributed by atoms with Crippen LogP contribution < -0.4 is 5.19 Å². The van der Waals surface area contributed by atoms with Crippen LogP contribution in [-0.4, -0.2) is 23.5 Å². The molecule has 0 unspecified atom stereocenters. The van der Waals surface area contributed by atoms with Gasteiger partial charge < -0.3 is 8.85 Å². The van der Waals surface area contributed by atoms with E-state index in [1.165, 1.54) is 10.8 Å². The van der Waals surface area contributed by atoms with Gasteiger partial charge in [-0.05, 0) is 10.8 Å². The molecule has 1 aromatic rings. The third-order valence-corrected chi connectivity index (χ3v) is 4.03. The Kier molecular flexibility index (Phi) is 4.65. The maximum Gasteiger partial charge on any atom is 0.423 e. The van der Waals surface area contributed by atoms with Gasteiger partial charge in [0.2, 0.25) is 0 Å². The Morgan fingerprint density at radius 3 is 2.38 bits per heavy atom. The van der Waals surface area contributed by atoms with Crippen molar-refractivity contribution in [3.8, 4) is 0 Å². The van der Waals surface area contributed by atoms with Crippen molar-refractivity contribution >= 4 is 30.4 Å². The molecular weight excluding hydrogens is 248 g/mol. The van der Waals surface area contributed by atoms with E-state index in [9.17, 15) is 0 Å². The van der Waals surface area contributed by atoms with Gasteiger partial charge in [-0.1, -0.05) is 40.2 Å². The van der Waals surface area contributed by atoms with E-state index < -0.39 is 9.28 Å². The summed E-state index contributed by atoms with van der Waals surface area (Å²) in [6.45, 7) is 0. The van der Waals surface area contributed by atoms with Crippen molar-refractivity contribution in [1.29, 1.82) is 0 Å². The van der Waals surface area contributed by atoms with Crippen molar-refractivity contribution in [3.63, 3.8) is 0 Å². The Balaban J connectivity index is 2.96. The minimum Gasteiger partial charge on any atom is -0.393 e. The van der Waals surface area contributed by atoms with Gasteiger partial charge in [-0.25, -0.2) is 0 Å². The van der Waals surface area contributed by atoms with Crippen molar-refractivity contribution in [1.82, 2.24) is 0 Å². The maximum absolute atomic E-state index is 5.29. The Bertz CT molecular complexity index is 264. The molecule has 1 rings (SSSR count). The van der Waals surface area contributed by atoms with Crippen LogP contribution in [0.25, 0.3) is 0 Å². The van der Waals surface area contributed by atoms with Gasteiger partial charge in [0, 0.05) is 19.5 Å². The molecule has 2 nitrogen and oxygen atoms in total. The van der Waals surface area contributed by atoms with Gasteiger partial charge in [-0.15, -0.1) is 0 Å². The van der Waals surface area contributed by atoms with Gasteiger partial charge in [-0.3, -0.25) is 0 Å². The lowest BCUT2D eigenvalue weighted by molar-refractivity contribution is 0.291. The fraction of sp³-hybridized carbons (Fsp3) is 0.333. The predicted molar refractivity (Wildman–Crippen MR) is 58.5 cm³/mol. The van der Waals surface area contributed by atoms with Crippen molar-refractivity contribution < 1.29 is 8.85 Å². The second kappa shape index (κ2) is 5.54. The van der Waals surface area contributed by atoms with E-state index in [0.717, 1.165) is 5.33 Å². The van der Waals surface area contributed by atoms with Crippen LogP contribution in [0.15, 0.2) is 24.3 Å². The molecule has 0 aliphatic rings. The lowest BCUT2D eigenvalue weighted by Gasteiger charge is -2.12. The van der Waals surface area contributed by atoms with Crippen molar-refractivity contribution in [3.05, 3.63) is 29.8 Å². The van der Waals surface area contributed by atoms with E-state index in [2.05, 4.69) is 28.1 Å². The summed E-state index contributed by atoms with van der Waals surface area (Å²) in [5, 5.41) is 2.01. The zero-order chi connectivity index (χ0) is 9.68. The molecule has 4 heteroatoms. The van der Waals surface area contributed by atoms with E-state index in [0.29, 0.717) is 0 Å². The lowest BCUT2D eigenvalue weighted by Crippen LogP contribution is -2.36. The van der Waals surface area contributed by atoms with Gasteiger partial charge in [0.25, 0.3) is 0 Å². The molecule has 0 atom stereocenters. The molecule has 0 aliphatic heterocycles. The summed E-state index contributed by atoms with van der Waals surface area (Å²) in [4.78, 5) is 0. The Morgan fingerprint density at radius 2 is 1.85 bits per heavy atom. The van der Waals surface area contributed by atoms with Gasteiger partial charge in [-0.2, -0.15) is 0 Å². The van der Waals surface area contributed by atoms with Crippen LogP contribution in [0.2, 0.25) is 0 Å². The first-order valence-corrected chi connectivity index (χ1v) is 6.36. The fourth-order valence-corrected chi connectivity index (χ4v) is 3.16. The van der Waals surface area contributed by atoms with Gasteiger partial charge in [0.15, 0.2) is 0 Å². The Labute approximate surface area is 88.8 Å². The van der Waals surface area contributed by atoms with Crippen LogP contribution in [0.1, 0.15) is 5.56 Å². The average Bonchev–Trinajstić information content (AvgIpc) is 2.20. The maximum atomic E-state index is 5.29. The van der Waals surface area contributed by atoms with Gasteiger partial charge in [0.1, 0.15) is 0 Å². The molecule has 0 saturated heterocycles. The SMILES string of the molecule is CO[Si](OC)c1ccccc1CBr. The van der Waals surface area contributed by atoms with Crippen LogP contribution in [0, 0.1) is 0 Å². The molecule has 0 fully saturated rings. The molecule has 0 aliphatic carbocycles. The molecule has 71 valence electrons. The molecule has 0 spiro atoms. The zero-order valence-electron chi connectivity index (χ0n) is 7.71. The van der Waals surface area contributed by atoms with Crippen molar-refractivity contribution in [2.24, 2.45) is 0 Å². The van der Waals surface area contributed by atoms with Gasteiger partial charge in [0.05, 0.1) is 0 Å². The smallest absolute Gasteiger partial charge is 0.393 e. The molecule has 1 radical (unpaired) electrons. The molecular formula is C9H12BrO2Si. The summed E-state index contributed by atoms with van der Waals surface area (Å²) in [5.41, 5.74) is 1.24. The number of benzene rings is 1. The molecule has 0 heterocycles.